The number of rotatable bonds is 2. The van der Waals surface area contributed by atoms with Crippen molar-refractivity contribution in [2.75, 3.05) is 5.32 Å². The summed E-state index contributed by atoms with van der Waals surface area (Å²) < 4.78 is 0. The molecule has 6 heteroatoms. The molecule has 0 unspecified atom stereocenters. The van der Waals surface area contributed by atoms with E-state index in [1.54, 1.807) is 6.92 Å². The SMILES string of the molecule is C[C@@H](Cl)C(=O)Nc1ncc(Cl)cc1Cl. The first-order valence-electron chi connectivity index (χ1n) is 3.76. The number of amides is 1. The predicted octanol–water partition coefficient (Wildman–Crippen LogP) is 2.95. The van der Waals surface area contributed by atoms with Crippen LogP contribution in [0.1, 0.15) is 6.92 Å². The zero-order chi connectivity index (χ0) is 10.7. The fraction of sp³-hybridized carbons (Fsp3) is 0.250. The molecule has 76 valence electrons. The number of pyridine rings is 1. The first-order chi connectivity index (χ1) is 6.50. The number of nitrogens with one attached hydrogen (secondary N) is 1. The third-order valence-electron chi connectivity index (χ3n) is 1.41. The van der Waals surface area contributed by atoms with Crippen LogP contribution in [-0.4, -0.2) is 16.3 Å². The minimum atomic E-state index is -0.636. The van der Waals surface area contributed by atoms with Gasteiger partial charge in [-0.1, -0.05) is 23.2 Å². The highest BCUT2D eigenvalue weighted by molar-refractivity contribution is 6.37. The standard InChI is InChI=1S/C8H7Cl3N2O/c1-4(9)8(14)13-7-6(11)2-5(10)3-12-7/h2-4H,1H3,(H,12,13,14)/t4-/m1/s1. The van der Waals surface area contributed by atoms with Crippen LogP contribution in [0.5, 0.6) is 0 Å². The Morgan fingerprint density at radius 1 is 1.57 bits per heavy atom. The summed E-state index contributed by atoms with van der Waals surface area (Å²) in [6.07, 6.45) is 1.39. The Labute approximate surface area is 96.4 Å². The molecule has 0 radical (unpaired) electrons. The maximum atomic E-state index is 11.2. The molecule has 1 N–H and O–H groups in total. The van der Waals surface area contributed by atoms with Crippen molar-refractivity contribution in [2.24, 2.45) is 0 Å². The summed E-state index contributed by atoms with van der Waals surface area (Å²) in [5.74, 6) is -0.100. The fourth-order valence-electron chi connectivity index (χ4n) is 0.723. The molecule has 0 saturated heterocycles. The van der Waals surface area contributed by atoms with Gasteiger partial charge in [0, 0.05) is 6.20 Å². The van der Waals surface area contributed by atoms with Gasteiger partial charge in [0.15, 0.2) is 5.82 Å². The minimum absolute atomic E-state index is 0.258. The number of carbonyl (C=O) groups excluding carboxylic acids is 1. The van der Waals surface area contributed by atoms with E-state index in [1.165, 1.54) is 12.3 Å². The third-order valence-corrected chi connectivity index (χ3v) is 2.10. The quantitative estimate of drug-likeness (QED) is 0.823. The molecule has 1 amide bonds. The molecular weight excluding hydrogens is 246 g/mol. The maximum absolute atomic E-state index is 11.2. The maximum Gasteiger partial charge on any atom is 0.243 e. The van der Waals surface area contributed by atoms with Crippen LogP contribution in [0.4, 0.5) is 5.82 Å². The van der Waals surface area contributed by atoms with Crippen molar-refractivity contribution < 1.29 is 4.79 Å². The molecule has 0 fully saturated rings. The number of nitrogens with zero attached hydrogens (tertiary/aromatic N) is 1. The van der Waals surface area contributed by atoms with Gasteiger partial charge in [-0.15, -0.1) is 11.6 Å². The van der Waals surface area contributed by atoms with Crippen molar-refractivity contribution >= 4 is 46.5 Å². The molecule has 0 spiro atoms. The molecule has 0 aliphatic rings. The van der Waals surface area contributed by atoms with E-state index in [1.807, 2.05) is 0 Å². The first kappa shape index (κ1) is 11.6. The molecule has 0 saturated carbocycles. The lowest BCUT2D eigenvalue weighted by molar-refractivity contribution is -0.115. The molecule has 1 rings (SSSR count). The van der Waals surface area contributed by atoms with Gasteiger partial charge >= 0.3 is 0 Å². The number of halogens is 3. The number of carbonyl (C=O) groups is 1. The van der Waals surface area contributed by atoms with Crippen LogP contribution in [0, 0.1) is 0 Å². The number of anilines is 1. The lowest BCUT2D eigenvalue weighted by atomic mass is 10.4. The van der Waals surface area contributed by atoms with E-state index in [4.69, 9.17) is 34.8 Å². The van der Waals surface area contributed by atoms with Crippen LogP contribution >= 0.6 is 34.8 Å². The summed E-state index contributed by atoms with van der Waals surface area (Å²) in [5, 5.41) is 2.52. The smallest absolute Gasteiger partial charge is 0.243 e. The van der Waals surface area contributed by atoms with Gasteiger partial charge in [-0.05, 0) is 13.0 Å². The second-order valence-corrected chi connectivity index (χ2v) is 4.09. The van der Waals surface area contributed by atoms with Gasteiger partial charge in [-0.25, -0.2) is 4.98 Å². The van der Waals surface area contributed by atoms with Crippen LogP contribution in [0.3, 0.4) is 0 Å². The minimum Gasteiger partial charge on any atom is -0.308 e. The van der Waals surface area contributed by atoms with Crippen molar-refractivity contribution in [3.8, 4) is 0 Å². The topological polar surface area (TPSA) is 42.0 Å². The molecule has 0 aliphatic carbocycles. The highest BCUT2D eigenvalue weighted by Gasteiger charge is 2.12. The lowest BCUT2D eigenvalue weighted by Gasteiger charge is -2.06. The number of aromatic nitrogens is 1. The van der Waals surface area contributed by atoms with Crippen molar-refractivity contribution in [3.63, 3.8) is 0 Å². The van der Waals surface area contributed by atoms with Crippen molar-refractivity contribution in [3.05, 3.63) is 22.3 Å². The van der Waals surface area contributed by atoms with Crippen molar-refractivity contribution in [2.45, 2.75) is 12.3 Å². The molecule has 1 aromatic heterocycles. The van der Waals surface area contributed by atoms with Gasteiger partial charge in [0.2, 0.25) is 5.91 Å². The predicted molar refractivity (Wildman–Crippen MR) is 58.2 cm³/mol. The Kier molecular flexibility index (Phi) is 3.98. The zero-order valence-corrected chi connectivity index (χ0v) is 9.49. The fourth-order valence-corrected chi connectivity index (χ4v) is 1.20. The lowest BCUT2D eigenvalue weighted by Crippen LogP contribution is -2.21. The van der Waals surface area contributed by atoms with Crippen LogP contribution in [-0.2, 0) is 4.79 Å². The van der Waals surface area contributed by atoms with E-state index in [0.29, 0.717) is 5.02 Å². The van der Waals surface area contributed by atoms with Crippen LogP contribution < -0.4 is 5.32 Å². The van der Waals surface area contributed by atoms with Gasteiger partial charge in [0.25, 0.3) is 0 Å². The normalized spacial score (nSPS) is 12.3. The van der Waals surface area contributed by atoms with Crippen LogP contribution in [0.2, 0.25) is 10.0 Å². The Morgan fingerprint density at radius 2 is 2.21 bits per heavy atom. The zero-order valence-electron chi connectivity index (χ0n) is 7.22. The Hall–Kier alpha value is -0.510. The molecular formula is C8H7Cl3N2O. The number of alkyl halides is 1. The Morgan fingerprint density at radius 3 is 2.71 bits per heavy atom. The van der Waals surface area contributed by atoms with Gasteiger partial charge in [0.1, 0.15) is 5.38 Å². The monoisotopic (exact) mass is 252 g/mol. The van der Waals surface area contributed by atoms with Gasteiger partial charge in [-0.2, -0.15) is 0 Å². The largest absolute Gasteiger partial charge is 0.308 e. The first-order valence-corrected chi connectivity index (χ1v) is 4.96. The van der Waals surface area contributed by atoms with Crippen LogP contribution in [0.25, 0.3) is 0 Å². The Bertz CT molecular complexity index is 354. The van der Waals surface area contributed by atoms with Gasteiger partial charge < -0.3 is 5.32 Å². The summed E-state index contributed by atoms with van der Waals surface area (Å²) in [6.45, 7) is 1.56. The molecule has 14 heavy (non-hydrogen) atoms. The second kappa shape index (κ2) is 4.82. The average Bonchev–Trinajstić information content (AvgIpc) is 2.09. The number of hydrogen-bond acceptors (Lipinski definition) is 2. The molecule has 0 bridgehead atoms. The highest BCUT2D eigenvalue weighted by Crippen LogP contribution is 2.22. The molecule has 0 aliphatic heterocycles. The molecule has 3 nitrogen and oxygen atoms in total. The second-order valence-electron chi connectivity index (χ2n) is 2.59. The highest BCUT2D eigenvalue weighted by atomic mass is 35.5. The molecule has 1 aromatic rings. The summed E-state index contributed by atoms with van der Waals surface area (Å²) in [7, 11) is 0. The third kappa shape index (κ3) is 3.01. The average molecular weight is 254 g/mol. The van der Waals surface area contributed by atoms with E-state index in [-0.39, 0.29) is 16.7 Å². The molecule has 1 atom stereocenters. The Balaban J connectivity index is 2.82. The summed E-state index contributed by atoms with van der Waals surface area (Å²) >= 11 is 17.0. The molecule has 1 heterocycles. The van der Waals surface area contributed by atoms with Gasteiger partial charge in [0.05, 0.1) is 10.0 Å². The van der Waals surface area contributed by atoms with E-state index < -0.39 is 5.38 Å². The van der Waals surface area contributed by atoms with Crippen molar-refractivity contribution in [1.29, 1.82) is 0 Å². The van der Waals surface area contributed by atoms with E-state index in [9.17, 15) is 4.79 Å². The number of hydrogen-bond donors (Lipinski definition) is 1. The van der Waals surface area contributed by atoms with Crippen LogP contribution in [0.15, 0.2) is 12.3 Å². The van der Waals surface area contributed by atoms with Gasteiger partial charge in [-0.3, -0.25) is 4.79 Å². The van der Waals surface area contributed by atoms with E-state index in [2.05, 4.69) is 10.3 Å². The summed E-state index contributed by atoms with van der Waals surface area (Å²) in [5.41, 5.74) is 0. The molecule has 0 aromatic carbocycles. The van der Waals surface area contributed by atoms with E-state index >= 15 is 0 Å². The van der Waals surface area contributed by atoms with Crippen molar-refractivity contribution in [1.82, 2.24) is 4.98 Å². The summed E-state index contributed by atoms with van der Waals surface area (Å²) in [6, 6.07) is 1.49. The van der Waals surface area contributed by atoms with E-state index in [0.717, 1.165) is 0 Å². The summed E-state index contributed by atoms with van der Waals surface area (Å²) in [4.78, 5) is 15.0.